The van der Waals surface area contributed by atoms with Crippen LogP contribution in [-0.4, -0.2) is 46.7 Å². The molecule has 1 saturated carbocycles. The van der Waals surface area contributed by atoms with E-state index >= 15 is 0 Å². The fourth-order valence-corrected chi connectivity index (χ4v) is 4.52. The summed E-state index contributed by atoms with van der Waals surface area (Å²) in [5, 5.41) is 13.3. The Morgan fingerprint density at radius 3 is 2.62 bits per heavy atom. The van der Waals surface area contributed by atoms with Gasteiger partial charge in [0.05, 0.1) is 6.54 Å². The maximum atomic E-state index is 13.1. The van der Waals surface area contributed by atoms with E-state index in [4.69, 9.17) is 4.74 Å². The van der Waals surface area contributed by atoms with Crippen LogP contribution in [-0.2, 0) is 4.79 Å². The summed E-state index contributed by atoms with van der Waals surface area (Å²) in [7, 11) is 0. The van der Waals surface area contributed by atoms with Gasteiger partial charge in [-0.05, 0) is 61.6 Å². The second kappa shape index (κ2) is 8.34. The predicted octanol–water partition coefficient (Wildman–Crippen LogP) is 3.65. The molecule has 0 radical (unpaired) electrons. The normalized spacial score (nSPS) is 26.0. The molecular formula is C23H34N2O4. The largest absolute Gasteiger partial charge is 0.491 e. The summed E-state index contributed by atoms with van der Waals surface area (Å²) in [6.07, 6.45) is 3.36. The molecule has 1 aliphatic carbocycles. The first-order valence-corrected chi connectivity index (χ1v) is 10.7. The molecule has 160 valence electrons. The number of nitrogens with one attached hydrogen (secondary N) is 1. The Morgan fingerprint density at radius 2 is 2.00 bits per heavy atom. The van der Waals surface area contributed by atoms with E-state index in [-0.39, 0.29) is 24.5 Å². The minimum absolute atomic E-state index is 0.0281. The van der Waals surface area contributed by atoms with Crippen LogP contribution in [0.3, 0.4) is 0 Å². The van der Waals surface area contributed by atoms with E-state index in [9.17, 15) is 14.7 Å². The fraction of sp³-hybridized carbons (Fsp3) is 0.652. The highest BCUT2D eigenvalue weighted by molar-refractivity contribution is 6.07. The number of hydrogen-bond donors (Lipinski definition) is 2. The highest BCUT2D eigenvalue weighted by atomic mass is 16.5. The lowest BCUT2D eigenvalue weighted by molar-refractivity contribution is -0.134. The molecule has 2 N–H and O–H groups in total. The molecule has 2 aliphatic rings. The second-order valence-corrected chi connectivity index (χ2v) is 9.33. The van der Waals surface area contributed by atoms with Gasteiger partial charge < -0.3 is 15.2 Å². The first-order chi connectivity index (χ1) is 13.7. The first-order valence-electron chi connectivity index (χ1n) is 10.7. The van der Waals surface area contributed by atoms with Crippen molar-refractivity contribution < 1.29 is 19.4 Å². The Kier molecular flexibility index (Phi) is 6.22. The van der Waals surface area contributed by atoms with Gasteiger partial charge in [-0.25, -0.2) is 4.79 Å². The van der Waals surface area contributed by atoms with Crippen LogP contribution in [0.5, 0.6) is 5.75 Å². The van der Waals surface area contributed by atoms with Crippen molar-refractivity contribution in [2.45, 2.75) is 71.4 Å². The topological polar surface area (TPSA) is 78.9 Å². The molecule has 1 heterocycles. The van der Waals surface area contributed by atoms with Gasteiger partial charge in [-0.2, -0.15) is 0 Å². The number of ether oxygens (including phenoxy) is 1. The molecule has 1 spiro atoms. The zero-order valence-electron chi connectivity index (χ0n) is 18.0. The number of aliphatic hydroxyl groups is 1. The van der Waals surface area contributed by atoms with Gasteiger partial charge in [0, 0.05) is 0 Å². The first kappa shape index (κ1) is 21.6. The third-order valence-corrected chi connectivity index (χ3v) is 6.93. The van der Waals surface area contributed by atoms with Crippen molar-refractivity contribution in [2.75, 3.05) is 13.2 Å². The average molecular weight is 403 g/mol. The molecule has 6 heteroatoms. The smallest absolute Gasteiger partial charge is 0.325 e. The van der Waals surface area contributed by atoms with Crippen LogP contribution in [0.25, 0.3) is 0 Å². The number of imide groups is 1. The zero-order chi connectivity index (χ0) is 21.2. The van der Waals surface area contributed by atoms with Gasteiger partial charge in [0.15, 0.2) is 0 Å². The van der Waals surface area contributed by atoms with Crippen molar-refractivity contribution >= 4 is 11.9 Å². The lowest BCUT2D eigenvalue weighted by Crippen LogP contribution is -2.51. The van der Waals surface area contributed by atoms with Crippen LogP contribution in [0.1, 0.15) is 58.4 Å². The lowest BCUT2D eigenvalue weighted by Gasteiger charge is -2.42. The van der Waals surface area contributed by atoms with Crippen molar-refractivity contribution in [1.82, 2.24) is 10.2 Å². The van der Waals surface area contributed by atoms with Crippen LogP contribution >= 0.6 is 0 Å². The fourth-order valence-electron chi connectivity index (χ4n) is 4.52. The quantitative estimate of drug-likeness (QED) is 0.683. The number of β-amino-alcohol motifs (C(OH)–C–C–N with tert-alkyl or cyclic N) is 1. The molecule has 1 aromatic rings. The Morgan fingerprint density at radius 1 is 1.31 bits per heavy atom. The van der Waals surface area contributed by atoms with E-state index < -0.39 is 17.7 Å². The zero-order valence-corrected chi connectivity index (χ0v) is 18.0. The van der Waals surface area contributed by atoms with Gasteiger partial charge in [0.1, 0.15) is 24.0 Å². The van der Waals surface area contributed by atoms with E-state index in [0.29, 0.717) is 24.5 Å². The second-order valence-electron chi connectivity index (χ2n) is 9.33. The van der Waals surface area contributed by atoms with Gasteiger partial charge in [0.2, 0.25) is 0 Å². The van der Waals surface area contributed by atoms with Gasteiger partial charge in [-0.3, -0.25) is 9.69 Å². The number of rotatable bonds is 7. The van der Waals surface area contributed by atoms with Crippen LogP contribution in [0.15, 0.2) is 24.3 Å². The van der Waals surface area contributed by atoms with E-state index in [2.05, 4.69) is 26.1 Å². The molecule has 1 aliphatic heterocycles. The third-order valence-electron chi connectivity index (χ3n) is 6.93. The number of aryl methyl sites for hydroxylation is 1. The number of nitrogens with zero attached hydrogens (tertiary/aromatic N) is 1. The number of urea groups is 1. The highest BCUT2D eigenvalue weighted by Crippen LogP contribution is 2.45. The molecular weight excluding hydrogens is 368 g/mol. The molecule has 29 heavy (non-hydrogen) atoms. The number of amides is 3. The van der Waals surface area contributed by atoms with E-state index in [0.717, 1.165) is 29.7 Å². The highest BCUT2D eigenvalue weighted by Gasteiger charge is 2.53. The van der Waals surface area contributed by atoms with Crippen molar-refractivity contribution in [3.05, 3.63) is 29.8 Å². The molecule has 0 unspecified atom stereocenters. The third kappa shape index (κ3) is 4.58. The molecule has 3 amide bonds. The van der Waals surface area contributed by atoms with Gasteiger partial charge >= 0.3 is 6.03 Å². The number of hydrogen-bond acceptors (Lipinski definition) is 4. The minimum Gasteiger partial charge on any atom is -0.491 e. The summed E-state index contributed by atoms with van der Waals surface area (Å²) in [4.78, 5) is 26.7. The maximum Gasteiger partial charge on any atom is 0.325 e. The molecule has 3 rings (SSSR count). The van der Waals surface area contributed by atoms with Crippen molar-refractivity contribution in [1.29, 1.82) is 0 Å². The van der Waals surface area contributed by atoms with Crippen LogP contribution in [0.4, 0.5) is 4.79 Å². The standard InChI is InChI=1S/C23H34N2O4/c1-5-22(3,4)17-9-11-23(12-10-17)20(27)25(21(28)24-23)14-18(26)15-29-19-8-6-7-16(2)13-19/h6-8,13,17-18,26H,5,9-12,14-15H2,1-4H3,(H,24,28)/t17?,18-,23?/m0/s1. The van der Waals surface area contributed by atoms with Crippen LogP contribution in [0, 0.1) is 18.3 Å². The van der Waals surface area contributed by atoms with Crippen LogP contribution in [0.2, 0.25) is 0 Å². The van der Waals surface area contributed by atoms with E-state index in [1.807, 2.05) is 31.2 Å². The molecule has 1 saturated heterocycles. The van der Waals surface area contributed by atoms with Crippen molar-refractivity contribution in [2.24, 2.45) is 11.3 Å². The van der Waals surface area contributed by atoms with Gasteiger partial charge in [-0.1, -0.05) is 39.3 Å². The SMILES string of the molecule is CCC(C)(C)C1CCC2(CC1)NC(=O)N(C[C@H](O)COc1cccc(C)c1)C2=O. The molecule has 0 aromatic heterocycles. The van der Waals surface area contributed by atoms with Crippen molar-refractivity contribution in [3.8, 4) is 5.75 Å². The monoisotopic (exact) mass is 402 g/mol. The molecule has 1 aromatic carbocycles. The maximum absolute atomic E-state index is 13.1. The van der Waals surface area contributed by atoms with Crippen molar-refractivity contribution in [3.63, 3.8) is 0 Å². The Bertz CT molecular complexity index is 753. The molecule has 2 fully saturated rings. The molecule has 0 bridgehead atoms. The Balaban J connectivity index is 1.56. The predicted molar refractivity (Wildman–Crippen MR) is 112 cm³/mol. The summed E-state index contributed by atoms with van der Waals surface area (Å²) in [5.41, 5.74) is 0.514. The number of carbonyl (C=O) groups excluding carboxylic acids is 2. The Hall–Kier alpha value is -2.08. The summed E-state index contributed by atoms with van der Waals surface area (Å²) in [6, 6.07) is 7.14. The lowest BCUT2D eigenvalue weighted by atomic mass is 9.65. The number of carbonyl (C=O) groups is 2. The minimum atomic E-state index is -0.935. The average Bonchev–Trinajstić information content (AvgIpc) is 2.91. The molecule has 1 atom stereocenters. The summed E-state index contributed by atoms with van der Waals surface area (Å²) in [6.45, 7) is 8.70. The molecule has 6 nitrogen and oxygen atoms in total. The summed E-state index contributed by atoms with van der Waals surface area (Å²) >= 11 is 0. The summed E-state index contributed by atoms with van der Waals surface area (Å²) in [5.74, 6) is 1.02. The van der Waals surface area contributed by atoms with E-state index in [1.165, 1.54) is 0 Å². The van der Waals surface area contributed by atoms with Crippen LogP contribution < -0.4 is 10.1 Å². The number of aliphatic hydroxyl groups excluding tert-OH is 1. The summed E-state index contributed by atoms with van der Waals surface area (Å²) < 4.78 is 5.61. The van der Waals surface area contributed by atoms with Gasteiger partial charge in [0.25, 0.3) is 5.91 Å². The van der Waals surface area contributed by atoms with E-state index in [1.54, 1.807) is 0 Å². The number of benzene rings is 1. The Labute approximate surface area is 173 Å². The van der Waals surface area contributed by atoms with Gasteiger partial charge in [-0.15, -0.1) is 0 Å².